The molecular weight excluding hydrogens is 560 g/mol. The number of nitrogens with one attached hydrogen (secondary N) is 2. The number of carbonyl (C=O) groups excluding carboxylic acids is 1. The highest BCUT2D eigenvalue weighted by Gasteiger charge is 2.30. The Morgan fingerprint density at radius 3 is 2.51 bits per heavy atom. The van der Waals surface area contributed by atoms with E-state index in [0.717, 1.165) is 42.1 Å². The number of aryl methyl sites for hydroxylation is 1. The van der Waals surface area contributed by atoms with Crippen LogP contribution >= 0.6 is 0 Å². The lowest BCUT2D eigenvalue weighted by molar-refractivity contribution is 0.0812. The summed E-state index contributed by atoms with van der Waals surface area (Å²) < 4.78 is 29.7. The van der Waals surface area contributed by atoms with Crippen molar-refractivity contribution in [3.05, 3.63) is 65.9 Å². The zero-order valence-electron chi connectivity index (χ0n) is 26.5. The summed E-state index contributed by atoms with van der Waals surface area (Å²) in [6, 6.07) is 14.7. The fourth-order valence-corrected chi connectivity index (χ4v) is 7.56. The molecule has 1 aliphatic rings. The average Bonchev–Trinajstić information content (AvgIpc) is 3.38. The van der Waals surface area contributed by atoms with Crippen molar-refractivity contribution in [1.82, 2.24) is 15.2 Å². The smallest absolute Gasteiger partial charge is 0.251 e. The SMILES string of the molecule is CCn1ccc2c(N3CCCCS3(=O)=O)cc(C(=O)N[C@@H](Cc3ccccc3)[C@H](O)CNC(C)(C)CCCC(C)C)cc21. The first kappa shape index (κ1) is 33.0. The van der Waals surface area contributed by atoms with Gasteiger partial charge in [0, 0.05) is 42.3 Å². The number of carbonyl (C=O) groups is 1. The molecule has 0 unspecified atom stereocenters. The van der Waals surface area contributed by atoms with Crippen LogP contribution in [0.3, 0.4) is 0 Å². The third kappa shape index (κ3) is 8.61. The molecule has 1 aromatic heterocycles. The Hall–Kier alpha value is -2.88. The normalized spacial score (nSPS) is 16.9. The molecule has 0 aliphatic carbocycles. The lowest BCUT2D eigenvalue weighted by Crippen LogP contribution is -2.52. The number of anilines is 1. The number of aliphatic hydroxyl groups excluding tert-OH is 1. The van der Waals surface area contributed by atoms with Gasteiger partial charge in [0.1, 0.15) is 0 Å². The number of aromatic nitrogens is 1. The first-order valence-corrected chi connectivity index (χ1v) is 17.4. The lowest BCUT2D eigenvalue weighted by Gasteiger charge is -2.31. The fourth-order valence-electron chi connectivity index (χ4n) is 5.92. The van der Waals surface area contributed by atoms with Gasteiger partial charge in [0.2, 0.25) is 10.0 Å². The molecule has 0 spiro atoms. The van der Waals surface area contributed by atoms with Crippen molar-refractivity contribution in [1.29, 1.82) is 0 Å². The van der Waals surface area contributed by atoms with E-state index >= 15 is 0 Å². The minimum Gasteiger partial charge on any atom is -0.390 e. The summed E-state index contributed by atoms with van der Waals surface area (Å²) in [4.78, 5) is 13.9. The molecule has 2 aromatic carbocycles. The number of rotatable bonds is 14. The molecular formula is C34H50N4O4S. The summed E-state index contributed by atoms with van der Waals surface area (Å²) >= 11 is 0. The molecule has 2 atom stereocenters. The van der Waals surface area contributed by atoms with E-state index in [0.29, 0.717) is 49.6 Å². The van der Waals surface area contributed by atoms with Crippen molar-refractivity contribution in [2.24, 2.45) is 5.92 Å². The summed E-state index contributed by atoms with van der Waals surface area (Å²) in [6.45, 7) is 12.2. The van der Waals surface area contributed by atoms with Crippen molar-refractivity contribution in [3.8, 4) is 0 Å². The molecule has 3 N–H and O–H groups in total. The van der Waals surface area contributed by atoms with Gasteiger partial charge < -0.3 is 20.3 Å². The Kier molecular flexibility index (Phi) is 11.0. The molecule has 3 aromatic rings. The minimum atomic E-state index is -3.47. The molecule has 1 saturated heterocycles. The number of fused-ring (bicyclic) bond motifs is 1. The summed E-state index contributed by atoms with van der Waals surface area (Å²) in [5.41, 5.74) is 2.60. The Bertz CT molecular complexity index is 1470. The number of amides is 1. The van der Waals surface area contributed by atoms with Crippen molar-refractivity contribution in [2.75, 3.05) is 23.1 Å². The molecule has 1 aliphatic heterocycles. The van der Waals surface area contributed by atoms with Gasteiger partial charge >= 0.3 is 0 Å². The summed E-state index contributed by atoms with van der Waals surface area (Å²) in [6.07, 6.45) is 6.23. The summed E-state index contributed by atoms with van der Waals surface area (Å²) in [5, 5.41) is 18.9. The van der Waals surface area contributed by atoms with Crippen LogP contribution in [0.1, 0.15) is 82.6 Å². The third-order valence-electron chi connectivity index (χ3n) is 8.54. The first-order valence-electron chi connectivity index (χ1n) is 15.8. The minimum absolute atomic E-state index is 0.103. The van der Waals surface area contributed by atoms with Crippen LogP contribution in [0.4, 0.5) is 5.69 Å². The predicted molar refractivity (Wildman–Crippen MR) is 176 cm³/mol. The van der Waals surface area contributed by atoms with Gasteiger partial charge in [-0.05, 0) is 76.1 Å². The molecule has 0 radical (unpaired) electrons. The van der Waals surface area contributed by atoms with E-state index in [1.807, 2.05) is 60.2 Å². The van der Waals surface area contributed by atoms with Gasteiger partial charge in [0.25, 0.3) is 5.91 Å². The average molecular weight is 611 g/mol. The zero-order chi connectivity index (χ0) is 31.2. The number of hydrogen-bond donors (Lipinski definition) is 3. The van der Waals surface area contributed by atoms with E-state index in [4.69, 9.17) is 0 Å². The quantitative estimate of drug-likeness (QED) is 0.224. The van der Waals surface area contributed by atoms with E-state index in [2.05, 4.69) is 38.3 Å². The van der Waals surface area contributed by atoms with Crippen molar-refractivity contribution in [2.45, 2.75) is 97.4 Å². The predicted octanol–water partition coefficient (Wildman–Crippen LogP) is 5.49. The molecule has 43 heavy (non-hydrogen) atoms. The Morgan fingerprint density at radius 1 is 1.09 bits per heavy atom. The summed E-state index contributed by atoms with van der Waals surface area (Å²) in [5.74, 6) is 0.422. The van der Waals surface area contributed by atoms with Crippen LogP contribution in [0.2, 0.25) is 0 Å². The summed E-state index contributed by atoms with van der Waals surface area (Å²) in [7, 11) is -3.47. The number of benzene rings is 2. The van der Waals surface area contributed by atoms with Gasteiger partial charge in [-0.15, -0.1) is 0 Å². The number of sulfonamides is 1. The monoisotopic (exact) mass is 610 g/mol. The molecule has 0 saturated carbocycles. The highest BCUT2D eigenvalue weighted by Crippen LogP contribution is 2.33. The largest absolute Gasteiger partial charge is 0.390 e. The number of β-amino-alcohol motifs (C(OH)–C–C–N with tert-alkyl or cyclic N) is 1. The van der Waals surface area contributed by atoms with Gasteiger partial charge in [0.15, 0.2) is 0 Å². The molecule has 1 amide bonds. The van der Waals surface area contributed by atoms with Gasteiger partial charge in [-0.2, -0.15) is 0 Å². The van der Waals surface area contributed by atoms with E-state index in [9.17, 15) is 18.3 Å². The molecule has 8 nitrogen and oxygen atoms in total. The first-order chi connectivity index (χ1) is 20.4. The highest BCUT2D eigenvalue weighted by atomic mass is 32.2. The van der Waals surface area contributed by atoms with E-state index < -0.39 is 22.2 Å². The van der Waals surface area contributed by atoms with E-state index in [1.165, 1.54) is 4.31 Å². The number of hydrogen-bond acceptors (Lipinski definition) is 5. The zero-order valence-corrected chi connectivity index (χ0v) is 27.3. The van der Waals surface area contributed by atoms with Crippen LogP contribution in [0, 0.1) is 5.92 Å². The van der Waals surface area contributed by atoms with Crippen molar-refractivity contribution in [3.63, 3.8) is 0 Å². The van der Waals surface area contributed by atoms with Crippen LogP contribution < -0.4 is 14.9 Å². The fraction of sp³-hybridized carbons (Fsp3) is 0.559. The second-order valence-electron chi connectivity index (χ2n) is 13.0. The van der Waals surface area contributed by atoms with Gasteiger partial charge in [-0.1, -0.05) is 57.0 Å². The maximum absolute atomic E-state index is 13.9. The Labute approximate surface area is 257 Å². The van der Waals surface area contributed by atoms with Crippen LogP contribution in [0.5, 0.6) is 0 Å². The van der Waals surface area contributed by atoms with Crippen LogP contribution in [0.25, 0.3) is 10.9 Å². The Morgan fingerprint density at radius 2 is 1.84 bits per heavy atom. The van der Waals surface area contributed by atoms with Crippen LogP contribution in [-0.4, -0.2) is 60.5 Å². The molecule has 4 rings (SSSR count). The van der Waals surface area contributed by atoms with Gasteiger partial charge in [-0.25, -0.2) is 8.42 Å². The van der Waals surface area contributed by atoms with Crippen LogP contribution in [0.15, 0.2) is 54.7 Å². The third-order valence-corrected chi connectivity index (χ3v) is 10.4. The standard InChI is InChI=1S/C34H50N4O4S/c1-6-37-19-16-28-30(37)22-27(23-31(28)38-18-10-11-20-43(38,41)42)33(40)36-29(21-26-14-8-7-9-15-26)32(39)24-35-34(4,5)17-12-13-25(2)3/h7-9,14-16,19,22-23,25,29,32,35,39H,6,10-13,17-18,20-21,24H2,1-5H3,(H,36,40)/t29-,32+/m0/s1. The maximum atomic E-state index is 13.9. The maximum Gasteiger partial charge on any atom is 0.251 e. The molecule has 236 valence electrons. The molecule has 0 bridgehead atoms. The van der Waals surface area contributed by atoms with Crippen molar-refractivity contribution >= 4 is 32.5 Å². The number of nitrogens with zero attached hydrogens (tertiary/aromatic N) is 2. The highest BCUT2D eigenvalue weighted by molar-refractivity contribution is 7.92. The van der Waals surface area contributed by atoms with E-state index in [1.54, 1.807) is 6.07 Å². The molecule has 1 fully saturated rings. The van der Waals surface area contributed by atoms with E-state index in [-0.39, 0.29) is 17.2 Å². The van der Waals surface area contributed by atoms with Crippen LogP contribution in [-0.2, 0) is 23.0 Å². The second-order valence-corrected chi connectivity index (χ2v) is 15.0. The van der Waals surface area contributed by atoms with Crippen molar-refractivity contribution < 1.29 is 18.3 Å². The van der Waals surface area contributed by atoms with Gasteiger partial charge in [-0.3, -0.25) is 9.10 Å². The second kappa shape index (κ2) is 14.3. The molecule has 2 heterocycles. The number of aliphatic hydroxyl groups is 1. The van der Waals surface area contributed by atoms with Gasteiger partial charge in [0.05, 0.1) is 29.1 Å². The molecule has 9 heteroatoms. The topological polar surface area (TPSA) is 104 Å². The Balaban J connectivity index is 1.60. The lowest BCUT2D eigenvalue weighted by atomic mass is 9.93.